The van der Waals surface area contributed by atoms with E-state index in [4.69, 9.17) is 5.11 Å². The van der Waals surface area contributed by atoms with Crippen molar-refractivity contribution in [1.82, 2.24) is 0 Å². The van der Waals surface area contributed by atoms with Crippen LogP contribution in [0.25, 0.3) is 0 Å². The monoisotopic (exact) mass is 150 g/mol. The van der Waals surface area contributed by atoms with Gasteiger partial charge in [-0.1, -0.05) is 18.1 Å². The number of carboxylic acids is 1. The fraction of sp³-hybridized carbons (Fsp3) is 0.444. The van der Waals surface area contributed by atoms with Crippen LogP contribution in [0.4, 0.5) is 0 Å². The van der Waals surface area contributed by atoms with Crippen LogP contribution < -0.4 is 0 Å². The molecule has 11 heavy (non-hydrogen) atoms. The molecule has 0 spiro atoms. The normalized spacial score (nSPS) is 22.0. The molecule has 1 unspecified atom stereocenters. The molecule has 1 aliphatic rings. The molecular weight excluding hydrogens is 140 g/mol. The van der Waals surface area contributed by atoms with Crippen LogP contribution in [0.2, 0.25) is 0 Å². The maximum atomic E-state index is 10.1. The number of rotatable bonds is 0. The number of carbonyl (C=O) groups is 1. The number of carboxylic acid groups (broad SMARTS) is 1. The molecule has 0 saturated carbocycles. The Labute approximate surface area is 65.9 Å². The molecule has 2 heteroatoms. The molecule has 1 atom stereocenters. The van der Waals surface area contributed by atoms with Gasteiger partial charge in [0.05, 0.1) is 0 Å². The molecule has 1 N–H and O–H groups in total. The van der Waals surface area contributed by atoms with Gasteiger partial charge in [-0.2, -0.15) is 0 Å². The minimum absolute atomic E-state index is 0.260. The van der Waals surface area contributed by atoms with Crippen molar-refractivity contribution < 1.29 is 9.90 Å². The van der Waals surface area contributed by atoms with Crippen LogP contribution >= 0.6 is 0 Å². The average Bonchev–Trinajstić information content (AvgIpc) is 2.03. The summed E-state index contributed by atoms with van der Waals surface area (Å²) in [6, 6.07) is 0. The van der Waals surface area contributed by atoms with Gasteiger partial charge in [-0.05, 0) is 19.3 Å². The molecular formula is C9H10O2. The number of allylic oxidation sites excluding steroid dienone is 2. The molecule has 0 amide bonds. The second kappa shape index (κ2) is 3.82. The highest BCUT2D eigenvalue weighted by Gasteiger charge is 2.05. The summed E-state index contributed by atoms with van der Waals surface area (Å²) in [5.74, 6) is 4.10. The van der Waals surface area contributed by atoms with Gasteiger partial charge in [0.25, 0.3) is 0 Å². The van der Waals surface area contributed by atoms with E-state index in [1.165, 1.54) is 0 Å². The molecule has 0 fully saturated rings. The first-order chi connectivity index (χ1) is 5.29. The lowest BCUT2D eigenvalue weighted by Crippen LogP contribution is -2.00. The smallest absolute Gasteiger partial charge is 0.381 e. The fourth-order valence-corrected chi connectivity index (χ4v) is 1.09. The number of aliphatic carboxylic acids is 1. The molecule has 1 rings (SSSR count). The predicted molar refractivity (Wildman–Crippen MR) is 41.9 cm³/mol. The van der Waals surface area contributed by atoms with E-state index >= 15 is 0 Å². The van der Waals surface area contributed by atoms with Gasteiger partial charge in [0.1, 0.15) is 0 Å². The van der Waals surface area contributed by atoms with Gasteiger partial charge >= 0.3 is 5.97 Å². The summed E-state index contributed by atoms with van der Waals surface area (Å²) >= 11 is 0. The van der Waals surface area contributed by atoms with Crippen molar-refractivity contribution in [2.45, 2.75) is 19.3 Å². The van der Waals surface area contributed by atoms with Gasteiger partial charge in [0.15, 0.2) is 0 Å². The zero-order valence-electron chi connectivity index (χ0n) is 6.21. The summed E-state index contributed by atoms with van der Waals surface area (Å²) < 4.78 is 0. The number of hydrogen-bond donors (Lipinski definition) is 1. The third-order valence-corrected chi connectivity index (χ3v) is 1.65. The minimum atomic E-state index is -1.03. The summed E-state index contributed by atoms with van der Waals surface area (Å²) in [5, 5.41) is 8.25. The first kappa shape index (κ1) is 7.87. The molecule has 1 aliphatic carbocycles. The predicted octanol–water partition coefficient (Wildman–Crippen LogP) is 1.43. The van der Waals surface area contributed by atoms with Crippen molar-refractivity contribution in [2.75, 3.05) is 0 Å². The Balaban J connectivity index is 2.45. The van der Waals surface area contributed by atoms with Crippen molar-refractivity contribution >= 4 is 5.97 Å². The molecule has 0 bridgehead atoms. The van der Waals surface area contributed by atoms with Gasteiger partial charge in [-0.3, -0.25) is 0 Å². The Morgan fingerprint density at radius 3 is 2.91 bits per heavy atom. The van der Waals surface area contributed by atoms with Gasteiger partial charge in [0, 0.05) is 11.8 Å². The van der Waals surface area contributed by atoms with Crippen LogP contribution in [-0.4, -0.2) is 11.1 Å². The Morgan fingerprint density at radius 1 is 1.55 bits per heavy atom. The standard InChI is InChI=1S/C9H10O2/c10-9(11)7-6-8-4-2-1-3-5-8/h1-2,8H,3-5H2,(H,10,11). The van der Waals surface area contributed by atoms with E-state index in [1.54, 1.807) is 0 Å². The molecule has 2 nitrogen and oxygen atoms in total. The zero-order chi connectivity index (χ0) is 8.10. The lowest BCUT2D eigenvalue weighted by atomic mass is 9.95. The molecule has 0 aromatic carbocycles. The van der Waals surface area contributed by atoms with E-state index in [0.717, 1.165) is 19.3 Å². The van der Waals surface area contributed by atoms with Crippen molar-refractivity contribution in [3.8, 4) is 11.8 Å². The molecule has 0 radical (unpaired) electrons. The third kappa shape index (κ3) is 2.90. The quantitative estimate of drug-likeness (QED) is 0.419. The SMILES string of the molecule is O=C(O)C#CC1CC=CCC1. The van der Waals surface area contributed by atoms with E-state index < -0.39 is 5.97 Å². The molecule has 0 aliphatic heterocycles. The van der Waals surface area contributed by atoms with Crippen LogP contribution in [0.5, 0.6) is 0 Å². The van der Waals surface area contributed by atoms with Crippen LogP contribution in [0.1, 0.15) is 19.3 Å². The van der Waals surface area contributed by atoms with Crippen LogP contribution in [0, 0.1) is 17.8 Å². The van der Waals surface area contributed by atoms with Gasteiger partial charge in [-0.25, -0.2) is 4.79 Å². The Morgan fingerprint density at radius 2 is 2.36 bits per heavy atom. The Kier molecular flexibility index (Phi) is 2.74. The lowest BCUT2D eigenvalue weighted by molar-refractivity contribution is -0.130. The third-order valence-electron chi connectivity index (χ3n) is 1.65. The summed E-state index contributed by atoms with van der Waals surface area (Å²) in [5.41, 5.74) is 0. The molecule has 58 valence electrons. The Bertz CT molecular complexity index is 230. The number of hydrogen-bond acceptors (Lipinski definition) is 1. The molecule has 0 aromatic heterocycles. The first-order valence-corrected chi connectivity index (χ1v) is 3.68. The van der Waals surface area contributed by atoms with E-state index in [9.17, 15) is 4.79 Å². The minimum Gasteiger partial charge on any atom is -0.472 e. The highest BCUT2D eigenvalue weighted by molar-refractivity contribution is 5.86. The lowest BCUT2D eigenvalue weighted by Gasteiger charge is -2.09. The maximum Gasteiger partial charge on any atom is 0.381 e. The van der Waals surface area contributed by atoms with E-state index in [-0.39, 0.29) is 5.92 Å². The van der Waals surface area contributed by atoms with Crippen molar-refractivity contribution in [2.24, 2.45) is 5.92 Å². The highest BCUT2D eigenvalue weighted by atomic mass is 16.4. The fourth-order valence-electron chi connectivity index (χ4n) is 1.09. The van der Waals surface area contributed by atoms with Crippen molar-refractivity contribution in [3.63, 3.8) is 0 Å². The second-order valence-corrected chi connectivity index (χ2v) is 2.56. The average molecular weight is 150 g/mol. The van der Waals surface area contributed by atoms with Crippen LogP contribution in [0.15, 0.2) is 12.2 Å². The van der Waals surface area contributed by atoms with Gasteiger partial charge < -0.3 is 5.11 Å². The van der Waals surface area contributed by atoms with E-state index in [2.05, 4.69) is 24.0 Å². The van der Waals surface area contributed by atoms with Gasteiger partial charge in [0.2, 0.25) is 0 Å². The molecule has 0 aromatic rings. The largest absolute Gasteiger partial charge is 0.472 e. The molecule has 0 heterocycles. The highest BCUT2D eigenvalue weighted by Crippen LogP contribution is 2.16. The van der Waals surface area contributed by atoms with Crippen molar-refractivity contribution in [3.05, 3.63) is 12.2 Å². The van der Waals surface area contributed by atoms with Gasteiger partial charge in [-0.15, -0.1) is 0 Å². The summed E-state index contributed by atoms with van der Waals surface area (Å²) in [7, 11) is 0. The zero-order valence-corrected chi connectivity index (χ0v) is 6.21. The molecule has 0 saturated heterocycles. The van der Waals surface area contributed by atoms with Crippen LogP contribution in [-0.2, 0) is 4.79 Å². The van der Waals surface area contributed by atoms with E-state index in [0.29, 0.717) is 0 Å². The second-order valence-electron chi connectivity index (χ2n) is 2.56. The van der Waals surface area contributed by atoms with Crippen molar-refractivity contribution in [1.29, 1.82) is 0 Å². The topological polar surface area (TPSA) is 37.3 Å². The first-order valence-electron chi connectivity index (χ1n) is 3.68. The van der Waals surface area contributed by atoms with Crippen LogP contribution in [0.3, 0.4) is 0 Å². The summed E-state index contributed by atoms with van der Waals surface area (Å²) in [6.07, 6.45) is 7.10. The Hall–Kier alpha value is -1.23. The summed E-state index contributed by atoms with van der Waals surface area (Å²) in [6.45, 7) is 0. The maximum absolute atomic E-state index is 10.1. The van der Waals surface area contributed by atoms with E-state index in [1.807, 2.05) is 0 Å². The summed E-state index contributed by atoms with van der Waals surface area (Å²) in [4.78, 5) is 10.1.